The second kappa shape index (κ2) is 7.76. The lowest BCUT2D eigenvalue weighted by atomic mass is 9.95. The van der Waals surface area contributed by atoms with Crippen LogP contribution in [0.5, 0.6) is 0 Å². The number of aromatic nitrogens is 4. The van der Waals surface area contributed by atoms with Crippen molar-refractivity contribution in [3.63, 3.8) is 0 Å². The van der Waals surface area contributed by atoms with Crippen molar-refractivity contribution in [3.8, 4) is 0 Å². The summed E-state index contributed by atoms with van der Waals surface area (Å²) < 4.78 is 31.0. The van der Waals surface area contributed by atoms with Crippen LogP contribution in [-0.2, 0) is 14.2 Å². The Bertz CT molecular complexity index is 746. The largest absolute Gasteiger partial charge is 0.387 e. The quantitative estimate of drug-likeness (QED) is 0.575. The van der Waals surface area contributed by atoms with E-state index in [0.717, 1.165) is 0 Å². The van der Waals surface area contributed by atoms with Crippen LogP contribution in [0.2, 0.25) is 0 Å². The number of hydrogen-bond donors (Lipinski definition) is 3. The van der Waals surface area contributed by atoms with Gasteiger partial charge in [0.2, 0.25) is 0 Å². The van der Waals surface area contributed by atoms with Gasteiger partial charge in [-0.1, -0.05) is 0 Å². The maximum Gasteiger partial charge on any atom is 0.167 e. The summed E-state index contributed by atoms with van der Waals surface area (Å²) >= 11 is 0. The van der Waals surface area contributed by atoms with Crippen LogP contribution in [0.3, 0.4) is 0 Å². The third-order valence-electron chi connectivity index (χ3n) is 4.58. The molecule has 6 atom stereocenters. The Morgan fingerprint density at radius 3 is 2.73 bits per heavy atom. The highest BCUT2D eigenvalue weighted by Crippen LogP contribution is 2.35. The number of halogens is 1. The summed E-state index contributed by atoms with van der Waals surface area (Å²) in [6, 6.07) is 0. The lowest BCUT2D eigenvalue weighted by molar-refractivity contribution is -0.124. The maximum absolute atomic E-state index is 13.4. The average Bonchev–Trinajstić information content (AvgIpc) is 3.19. The van der Waals surface area contributed by atoms with Gasteiger partial charge in [-0.2, -0.15) is 0 Å². The van der Waals surface area contributed by atoms with Crippen LogP contribution < -0.4 is 5.73 Å². The van der Waals surface area contributed by atoms with Gasteiger partial charge in [0.15, 0.2) is 17.7 Å². The summed E-state index contributed by atoms with van der Waals surface area (Å²) in [7, 11) is 2.83. The zero-order valence-electron chi connectivity index (χ0n) is 14.4. The Morgan fingerprint density at radius 1 is 1.31 bits per heavy atom. The van der Waals surface area contributed by atoms with Gasteiger partial charge in [0, 0.05) is 20.1 Å². The lowest BCUT2D eigenvalue weighted by Crippen LogP contribution is -2.45. The molecule has 0 aromatic carbocycles. The molecular formula is C15H22FN5O5. The fourth-order valence-corrected chi connectivity index (χ4v) is 3.28. The molecule has 3 heterocycles. The molecule has 1 unspecified atom stereocenters. The molecule has 1 fully saturated rings. The molecule has 3 rings (SSSR count). The van der Waals surface area contributed by atoms with Crippen molar-refractivity contribution in [2.75, 3.05) is 33.2 Å². The number of aliphatic hydroxyl groups is 2. The Labute approximate surface area is 148 Å². The van der Waals surface area contributed by atoms with E-state index in [2.05, 4.69) is 15.0 Å². The van der Waals surface area contributed by atoms with Crippen molar-refractivity contribution in [3.05, 3.63) is 12.7 Å². The monoisotopic (exact) mass is 371 g/mol. The predicted molar refractivity (Wildman–Crippen MR) is 87.8 cm³/mol. The van der Waals surface area contributed by atoms with E-state index in [-0.39, 0.29) is 12.4 Å². The summed E-state index contributed by atoms with van der Waals surface area (Å²) in [6.07, 6.45) is -2.71. The number of nitrogen functional groups attached to an aromatic ring is 1. The van der Waals surface area contributed by atoms with Gasteiger partial charge in [-0.3, -0.25) is 8.96 Å². The summed E-state index contributed by atoms with van der Waals surface area (Å²) in [5.74, 6) is -0.473. The van der Waals surface area contributed by atoms with Gasteiger partial charge in [0.05, 0.1) is 25.7 Å². The summed E-state index contributed by atoms with van der Waals surface area (Å²) in [6.45, 7) is -0.641. The highest BCUT2D eigenvalue weighted by atomic mass is 19.1. The fraction of sp³-hybridized carbons (Fsp3) is 0.667. The van der Waals surface area contributed by atoms with Crippen LogP contribution in [0, 0.1) is 5.92 Å². The zero-order chi connectivity index (χ0) is 18.8. The molecule has 26 heavy (non-hydrogen) atoms. The number of fused-ring (bicyclic) bond motifs is 1. The highest BCUT2D eigenvalue weighted by Gasteiger charge is 2.49. The normalized spacial score (nSPS) is 28.5. The molecule has 2 aromatic heterocycles. The van der Waals surface area contributed by atoms with Crippen LogP contribution in [0.25, 0.3) is 11.2 Å². The van der Waals surface area contributed by atoms with Crippen molar-refractivity contribution in [1.29, 1.82) is 0 Å². The van der Waals surface area contributed by atoms with Crippen molar-refractivity contribution in [2.24, 2.45) is 5.92 Å². The molecule has 1 saturated heterocycles. The molecule has 0 saturated carbocycles. The van der Waals surface area contributed by atoms with E-state index in [9.17, 15) is 14.6 Å². The number of imidazole rings is 1. The van der Waals surface area contributed by atoms with Crippen molar-refractivity contribution in [2.45, 2.75) is 30.6 Å². The number of alkyl halides is 1. The van der Waals surface area contributed by atoms with Gasteiger partial charge in [0.1, 0.15) is 30.2 Å². The predicted octanol–water partition coefficient (Wildman–Crippen LogP) is -0.725. The third-order valence-corrected chi connectivity index (χ3v) is 4.58. The van der Waals surface area contributed by atoms with E-state index in [1.165, 1.54) is 31.4 Å². The van der Waals surface area contributed by atoms with E-state index < -0.39 is 43.2 Å². The zero-order valence-corrected chi connectivity index (χ0v) is 14.4. The maximum atomic E-state index is 13.4. The summed E-state index contributed by atoms with van der Waals surface area (Å²) in [5.41, 5.74) is 6.46. The standard InChI is InChI=1S/C15H22FN5O5/c1-24-4-7(3-16)11(25-2)12-9(22)10(23)15(26-12)21-6-20-8-13(17)18-5-19-14(8)21/h5-7,9-12,15,22-23H,3-4H2,1-2H3,(H2,17,18,19)/t7-,9-,10+,11?,12-,15+/m0/s1. The fourth-order valence-electron chi connectivity index (χ4n) is 3.28. The lowest BCUT2D eigenvalue weighted by Gasteiger charge is -2.29. The van der Waals surface area contributed by atoms with Gasteiger partial charge in [0.25, 0.3) is 0 Å². The molecule has 10 nitrogen and oxygen atoms in total. The molecule has 1 aliphatic rings. The van der Waals surface area contributed by atoms with E-state index in [1.807, 2.05) is 0 Å². The van der Waals surface area contributed by atoms with Crippen molar-refractivity contribution >= 4 is 17.0 Å². The average molecular weight is 371 g/mol. The Kier molecular flexibility index (Phi) is 5.63. The molecule has 0 amide bonds. The van der Waals surface area contributed by atoms with E-state index in [0.29, 0.717) is 11.2 Å². The Morgan fingerprint density at radius 2 is 2.08 bits per heavy atom. The first-order valence-corrected chi connectivity index (χ1v) is 8.05. The van der Waals surface area contributed by atoms with Gasteiger partial charge in [-0.15, -0.1) is 0 Å². The number of nitrogens with two attached hydrogens (primary N) is 1. The number of ether oxygens (including phenoxy) is 3. The van der Waals surface area contributed by atoms with Gasteiger partial charge < -0.3 is 30.2 Å². The second-order valence-corrected chi connectivity index (χ2v) is 6.13. The number of methoxy groups -OCH3 is 2. The molecule has 0 bridgehead atoms. The minimum absolute atomic E-state index is 0.0834. The van der Waals surface area contributed by atoms with E-state index >= 15 is 0 Å². The molecule has 0 spiro atoms. The molecular weight excluding hydrogens is 349 g/mol. The topological polar surface area (TPSA) is 138 Å². The van der Waals surface area contributed by atoms with Gasteiger partial charge in [-0.05, 0) is 0 Å². The van der Waals surface area contributed by atoms with Crippen molar-refractivity contribution in [1.82, 2.24) is 19.5 Å². The van der Waals surface area contributed by atoms with Crippen LogP contribution in [0.15, 0.2) is 12.7 Å². The molecule has 2 aromatic rings. The second-order valence-electron chi connectivity index (χ2n) is 6.13. The van der Waals surface area contributed by atoms with E-state index in [1.54, 1.807) is 0 Å². The molecule has 144 valence electrons. The van der Waals surface area contributed by atoms with Crippen molar-refractivity contribution < 1.29 is 28.8 Å². The summed E-state index contributed by atoms with van der Waals surface area (Å²) in [4.78, 5) is 12.1. The van der Waals surface area contributed by atoms with Crippen LogP contribution in [0.1, 0.15) is 6.23 Å². The van der Waals surface area contributed by atoms with Gasteiger partial charge in [-0.25, -0.2) is 15.0 Å². The highest BCUT2D eigenvalue weighted by molar-refractivity contribution is 5.81. The Hall–Kier alpha value is -1.92. The summed E-state index contributed by atoms with van der Waals surface area (Å²) in [5, 5.41) is 20.9. The first-order valence-electron chi connectivity index (χ1n) is 8.05. The number of rotatable bonds is 7. The molecule has 0 radical (unpaired) electrons. The number of nitrogens with zero attached hydrogens (tertiary/aromatic N) is 4. The van der Waals surface area contributed by atoms with Crippen LogP contribution >= 0.6 is 0 Å². The molecule has 11 heteroatoms. The first-order chi connectivity index (χ1) is 12.5. The van der Waals surface area contributed by atoms with Crippen LogP contribution in [-0.4, -0.2) is 81.6 Å². The van der Waals surface area contributed by atoms with Crippen LogP contribution in [0.4, 0.5) is 10.2 Å². The minimum atomic E-state index is -1.30. The molecule has 1 aliphatic heterocycles. The first kappa shape index (κ1) is 18.9. The third kappa shape index (κ3) is 3.12. The van der Waals surface area contributed by atoms with E-state index in [4.69, 9.17) is 19.9 Å². The SMILES string of the molecule is COC[C@H](CF)C(OC)[C@H]1O[C@@H](n2cnc3c(N)ncnc32)[C@H](O)[C@@H]1O. The molecule has 4 N–H and O–H groups in total. The minimum Gasteiger partial charge on any atom is -0.387 e. The van der Waals surface area contributed by atoms with Gasteiger partial charge >= 0.3 is 0 Å². The molecule has 0 aliphatic carbocycles. The number of anilines is 1. The number of aliphatic hydroxyl groups excluding tert-OH is 2. The Balaban J connectivity index is 1.90. The number of hydrogen-bond acceptors (Lipinski definition) is 9. The smallest absolute Gasteiger partial charge is 0.167 e.